The Labute approximate surface area is 123 Å². The molecule has 1 heterocycles. The number of anilines is 3. The lowest BCUT2D eigenvalue weighted by Crippen LogP contribution is -2.05. The first-order valence-corrected chi connectivity index (χ1v) is 7.16. The Morgan fingerprint density at radius 1 is 1.15 bits per heavy atom. The summed E-state index contributed by atoms with van der Waals surface area (Å²) in [6.45, 7) is 0. The quantitative estimate of drug-likeness (QED) is 0.571. The van der Waals surface area contributed by atoms with Crippen LogP contribution < -0.4 is 11.1 Å². The van der Waals surface area contributed by atoms with E-state index >= 15 is 0 Å². The van der Waals surface area contributed by atoms with Gasteiger partial charge in [-0.2, -0.15) is 23.4 Å². The molecule has 0 amide bonds. The van der Waals surface area contributed by atoms with Crippen LogP contribution >= 0.6 is 23.2 Å². The van der Waals surface area contributed by atoms with Gasteiger partial charge in [0.2, 0.25) is 16.5 Å². The first-order chi connectivity index (χ1) is 9.25. The van der Waals surface area contributed by atoms with E-state index in [2.05, 4.69) is 20.3 Å². The maximum Gasteiger partial charge on any atom is 0.296 e. The molecule has 0 fully saturated rings. The average Bonchev–Trinajstić information content (AvgIpc) is 2.29. The zero-order valence-electron chi connectivity index (χ0n) is 9.58. The van der Waals surface area contributed by atoms with E-state index in [0.717, 1.165) is 6.07 Å². The van der Waals surface area contributed by atoms with Gasteiger partial charge in [0.05, 0.1) is 5.69 Å². The number of nitrogens with two attached hydrogens (primary N) is 1. The molecule has 4 N–H and O–H groups in total. The van der Waals surface area contributed by atoms with Crippen molar-refractivity contribution in [1.29, 1.82) is 0 Å². The second-order valence-electron chi connectivity index (χ2n) is 3.55. The number of nitrogen functional groups attached to an aromatic ring is 1. The second-order valence-corrected chi connectivity index (χ2v) is 5.62. The van der Waals surface area contributed by atoms with Gasteiger partial charge >= 0.3 is 0 Å². The molecule has 106 valence electrons. The predicted octanol–water partition coefficient (Wildman–Crippen LogP) is 1.75. The van der Waals surface area contributed by atoms with Crippen LogP contribution in [-0.4, -0.2) is 27.9 Å². The molecule has 0 bridgehead atoms. The highest BCUT2D eigenvalue weighted by Gasteiger charge is 2.15. The van der Waals surface area contributed by atoms with Gasteiger partial charge in [-0.15, -0.1) is 0 Å². The number of hydrogen-bond donors (Lipinski definition) is 3. The van der Waals surface area contributed by atoms with E-state index in [1.54, 1.807) is 0 Å². The summed E-state index contributed by atoms with van der Waals surface area (Å²) in [5.41, 5.74) is 5.64. The van der Waals surface area contributed by atoms with Crippen molar-refractivity contribution in [3.05, 3.63) is 28.8 Å². The number of benzene rings is 1. The first-order valence-electron chi connectivity index (χ1n) is 4.97. The van der Waals surface area contributed by atoms with E-state index in [4.69, 9.17) is 33.5 Å². The Kier molecular flexibility index (Phi) is 3.95. The topological polar surface area (TPSA) is 131 Å². The first kappa shape index (κ1) is 14.7. The average molecular weight is 336 g/mol. The molecule has 0 saturated carbocycles. The zero-order chi connectivity index (χ0) is 14.9. The maximum atomic E-state index is 11.1. The smallest absolute Gasteiger partial charge is 0.296 e. The van der Waals surface area contributed by atoms with Crippen LogP contribution in [0.25, 0.3) is 0 Å². The molecule has 0 radical (unpaired) electrons. The molecule has 1 aromatic carbocycles. The molecule has 0 spiro atoms. The van der Waals surface area contributed by atoms with Crippen molar-refractivity contribution in [3.8, 4) is 0 Å². The van der Waals surface area contributed by atoms with Crippen LogP contribution in [0.3, 0.4) is 0 Å². The number of halogens is 2. The Balaban J connectivity index is 2.40. The van der Waals surface area contributed by atoms with Crippen molar-refractivity contribution < 1.29 is 13.0 Å². The molecule has 2 rings (SSSR count). The van der Waals surface area contributed by atoms with E-state index in [1.165, 1.54) is 12.1 Å². The fourth-order valence-electron chi connectivity index (χ4n) is 1.35. The molecule has 0 aliphatic rings. The highest BCUT2D eigenvalue weighted by atomic mass is 35.5. The van der Waals surface area contributed by atoms with Crippen LogP contribution in [0, 0.1) is 0 Å². The largest absolute Gasteiger partial charge is 0.398 e. The minimum absolute atomic E-state index is 0.0149. The third-order valence-corrected chi connectivity index (χ3v) is 3.38. The third kappa shape index (κ3) is 3.45. The number of nitrogens with one attached hydrogen (secondary N) is 1. The van der Waals surface area contributed by atoms with E-state index in [1.807, 2.05) is 0 Å². The molecule has 0 aliphatic carbocycles. The minimum atomic E-state index is -4.43. The van der Waals surface area contributed by atoms with Crippen LogP contribution in [0.2, 0.25) is 10.6 Å². The highest BCUT2D eigenvalue weighted by molar-refractivity contribution is 7.86. The summed E-state index contributed by atoms with van der Waals surface area (Å²) >= 11 is 11.2. The molecule has 0 unspecified atom stereocenters. The van der Waals surface area contributed by atoms with E-state index in [0.29, 0.717) is 0 Å². The predicted molar refractivity (Wildman–Crippen MR) is 73.8 cm³/mol. The summed E-state index contributed by atoms with van der Waals surface area (Å²) in [6, 6.07) is 3.89. The van der Waals surface area contributed by atoms with E-state index in [-0.39, 0.29) is 27.9 Å². The molecule has 1 aromatic heterocycles. The van der Waals surface area contributed by atoms with Gasteiger partial charge in [0.1, 0.15) is 4.90 Å². The van der Waals surface area contributed by atoms with Crippen molar-refractivity contribution in [2.24, 2.45) is 0 Å². The molecular weight excluding hydrogens is 329 g/mol. The molecule has 0 aliphatic heterocycles. The summed E-state index contributed by atoms with van der Waals surface area (Å²) < 4.78 is 31.3. The lowest BCUT2D eigenvalue weighted by Gasteiger charge is -2.08. The van der Waals surface area contributed by atoms with Crippen LogP contribution in [-0.2, 0) is 10.1 Å². The van der Waals surface area contributed by atoms with Crippen LogP contribution in [0.5, 0.6) is 0 Å². The fraction of sp³-hybridized carbons (Fsp3) is 0. The third-order valence-electron chi connectivity index (χ3n) is 2.13. The Morgan fingerprint density at radius 3 is 2.30 bits per heavy atom. The van der Waals surface area contributed by atoms with Crippen LogP contribution in [0.1, 0.15) is 0 Å². The van der Waals surface area contributed by atoms with Gasteiger partial charge < -0.3 is 11.1 Å². The van der Waals surface area contributed by atoms with Gasteiger partial charge in [0.25, 0.3) is 10.1 Å². The summed E-state index contributed by atoms with van der Waals surface area (Å²) in [5, 5.41) is 2.41. The van der Waals surface area contributed by atoms with Crippen LogP contribution in [0.4, 0.5) is 17.3 Å². The van der Waals surface area contributed by atoms with Crippen molar-refractivity contribution in [2.45, 2.75) is 4.90 Å². The van der Waals surface area contributed by atoms with Crippen molar-refractivity contribution in [2.75, 3.05) is 11.1 Å². The van der Waals surface area contributed by atoms with E-state index < -0.39 is 15.0 Å². The van der Waals surface area contributed by atoms with E-state index in [9.17, 15) is 8.42 Å². The van der Waals surface area contributed by atoms with Crippen molar-refractivity contribution in [1.82, 2.24) is 15.0 Å². The Morgan fingerprint density at radius 2 is 1.75 bits per heavy atom. The summed E-state index contributed by atoms with van der Waals surface area (Å²) in [7, 11) is -4.43. The van der Waals surface area contributed by atoms with Gasteiger partial charge in [-0.25, -0.2) is 0 Å². The number of hydrogen-bond acceptors (Lipinski definition) is 7. The molecule has 0 atom stereocenters. The van der Waals surface area contributed by atoms with Gasteiger partial charge in [-0.1, -0.05) is 0 Å². The van der Waals surface area contributed by atoms with Gasteiger partial charge in [-0.05, 0) is 41.4 Å². The maximum absolute atomic E-state index is 11.1. The number of nitrogens with zero attached hydrogens (tertiary/aromatic N) is 3. The zero-order valence-corrected chi connectivity index (χ0v) is 11.9. The fourth-order valence-corrected chi connectivity index (χ4v) is 2.35. The summed E-state index contributed by atoms with van der Waals surface area (Å²) in [6.07, 6.45) is 0. The number of aromatic nitrogens is 3. The van der Waals surface area contributed by atoms with Crippen LogP contribution in [0.15, 0.2) is 23.1 Å². The molecular formula is C9H7Cl2N5O3S. The molecule has 2 aromatic rings. The molecule has 20 heavy (non-hydrogen) atoms. The number of rotatable bonds is 3. The van der Waals surface area contributed by atoms with Gasteiger partial charge in [0, 0.05) is 5.69 Å². The molecule has 11 heteroatoms. The lowest BCUT2D eigenvalue weighted by atomic mass is 10.3. The van der Waals surface area contributed by atoms with Crippen molar-refractivity contribution >= 4 is 50.6 Å². The summed E-state index contributed by atoms with van der Waals surface area (Å²) in [5.74, 6) is 0.0149. The molecule has 8 nitrogen and oxygen atoms in total. The van der Waals surface area contributed by atoms with Gasteiger partial charge in [0.15, 0.2) is 0 Å². The lowest BCUT2D eigenvalue weighted by molar-refractivity contribution is 0.483. The van der Waals surface area contributed by atoms with Gasteiger partial charge in [-0.3, -0.25) is 4.55 Å². The summed E-state index contributed by atoms with van der Waals surface area (Å²) in [4.78, 5) is 10.6. The monoisotopic (exact) mass is 335 g/mol. The van der Waals surface area contributed by atoms with Crippen molar-refractivity contribution in [3.63, 3.8) is 0 Å². The standard InChI is InChI=1S/C9H7Cl2N5O3S/c10-7-14-8(11)16-9(15-7)13-4-1-2-5(12)6(3-4)20(17,18)19/h1-3H,12H2,(H,17,18,19)(H,13,14,15,16). The minimum Gasteiger partial charge on any atom is -0.398 e. The second kappa shape index (κ2) is 5.37. The highest BCUT2D eigenvalue weighted by Crippen LogP contribution is 2.24. The molecule has 0 saturated heterocycles. The SMILES string of the molecule is Nc1ccc(Nc2nc(Cl)nc(Cl)n2)cc1S(=O)(=O)O. The Bertz CT molecular complexity index is 748. The normalized spacial score (nSPS) is 11.3. The Hall–Kier alpha value is -1.68.